The fraction of sp³-hybridized carbons (Fsp3) is 0.611. The number of rotatable bonds is 4. The molecule has 3 atom stereocenters. The number of hydrogen-bond acceptors (Lipinski definition) is 2. The molecule has 3 aliphatic rings. The molecule has 4 heteroatoms. The first-order valence-electron chi connectivity index (χ1n) is 8.47. The summed E-state index contributed by atoms with van der Waals surface area (Å²) in [6.07, 6.45) is 6.91. The van der Waals surface area contributed by atoms with Crippen LogP contribution in [0, 0.1) is 0 Å². The van der Waals surface area contributed by atoms with Crippen LogP contribution in [0.4, 0.5) is 0 Å². The highest BCUT2D eigenvalue weighted by atomic mass is 16.5. The number of ether oxygens (including phenoxy) is 1. The van der Waals surface area contributed by atoms with Crippen LogP contribution in [0.2, 0.25) is 0 Å². The van der Waals surface area contributed by atoms with Gasteiger partial charge in [0.1, 0.15) is 0 Å². The topological polar surface area (TPSA) is 45.7 Å². The monoisotopic (exact) mass is 299 g/mol. The standard InChI is InChI=1S/C18H25N3O/c1-19-17(21-15-11-14-7-8-16(15)22-14)20-12-18(9-10-18)13-5-3-2-4-6-13/h2-6,14-16H,7-12H2,1H3,(H2,19,20,21). The van der Waals surface area contributed by atoms with Crippen molar-refractivity contribution < 1.29 is 4.74 Å². The van der Waals surface area contributed by atoms with Gasteiger partial charge in [-0.05, 0) is 37.7 Å². The largest absolute Gasteiger partial charge is 0.373 e. The van der Waals surface area contributed by atoms with Crippen molar-refractivity contribution in [2.24, 2.45) is 4.99 Å². The molecule has 2 saturated heterocycles. The highest BCUT2D eigenvalue weighted by Crippen LogP contribution is 2.47. The zero-order chi connectivity index (χ0) is 15.0. The van der Waals surface area contributed by atoms with E-state index >= 15 is 0 Å². The van der Waals surface area contributed by atoms with Gasteiger partial charge < -0.3 is 15.4 Å². The average molecular weight is 299 g/mol. The maximum atomic E-state index is 5.91. The summed E-state index contributed by atoms with van der Waals surface area (Å²) in [5, 5.41) is 7.10. The van der Waals surface area contributed by atoms with Crippen LogP contribution in [-0.2, 0) is 10.2 Å². The molecule has 1 aliphatic carbocycles. The van der Waals surface area contributed by atoms with E-state index in [1.807, 2.05) is 7.05 Å². The summed E-state index contributed by atoms with van der Waals surface area (Å²) >= 11 is 0. The van der Waals surface area contributed by atoms with Crippen LogP contribution >= 0.6 is 0 Å². The molecule has 22 heavy (non-hydrogen) atoms. The number of nitrogens with one attached hydrogen (secondary N) is 2. The van der Waals surface area contributed by atoms with E-state index < -0.39 is 0 Å². The van der Waals surface area contributed by atoms with E-state index in [0.717, 1.165) is 18.9 Å². The van der Waals surface area contributed by atoms with Crippen molar-refractivity contribution in [2.45, 2.75) is 55.8 Å². The second kappa shape index (κ2) is 5.58. The first-order chi connectivity index (χ1) is 10.8. The Kier molecular flexibility index (Phi) is 3.57. The predicted molar refractivity (Wildman–Crippen MR) is 88.2 cm³/mol. The molecule has 2 bridgehead atoms. The number of nitrogens with zero attached hydrogens (tertiary/aromatic N) is 1. The maximum absolute atomic E-state index is 5.91. The lowest BCUT2D eigenvalue weighted by Crippen LogP contribution is -2.49. The third-order valence-electron chi connectivity index (χ3n) is 5.49. The smallest absolute Gasteiger partial charge is 0.191 e. The lowest BCUT2D eigenvalue weighted by atomic mass is 9.95. The van der Waals surface area contributed by atoms with Crippen molar-refractivity contribution >= 4 is 5.96 Å². The predicted octanol–water partition coefficient (Wildman–Crippen LogP) is 2.20. The zero-order valence-electron chi connectivity index (χ0n) is 13.2. The van der Waals surface area contributed by atoms with Crippen molar-refractivity contribution in [3.8, 4) is 0 Å². The number of hydrogen-bond donors (Lipinski definition) is 2. The van der Waals surface area contributed by atoms with Crippen LogP contribution in [0.15, 0.2) is 35.3 Å². The summed E-state index contributed by atoms with van der Waals surface area (Å²) in [4.78, 5) is 4.40. The second-order valence-electron chi connectivity index (χ2n) is 6.93. The Labute approximate surface area is 132 Å². The van der Waals surface area contributed by atoms with Crippen LogP contribution in [0.3, 0.4) is 0 Å². The SMILES string of the molecule is CN=C(NCC1(c2ccccc2)CC1)NC1CC2CCC1O2. The van der Waals surface area contributed by atoms with Crippen LogP contribution in [0.25, 0.3) is 0 Å². The fourth-order valence-electron chi connectivity index (χ4n) is 3.92. The van der Waals surface area contributed by atoms with Crippen molar-refractivity contribution in [1.82, 2.24) is 10.6 Å². The van der Waals surface area contributed by atoms with Gasteiger partial charge in [0.15, 0.2) is 5.96 Å². The first-order valence-corrected chi connectivity index (χ1v) is 8.47. The van der Waals surface area contributed by atoms with Crippen molar-refractivity contribution in [1.29, 1.82) is 0 Å². The van der Waals surface area contributed by atoms with Gasteiger partial charge in [-0.15, -0.1) is 0 Å². The fourth-order valence-corrected chi connectivity index (χ4v) is 3.92. The molecular formula is C18H25N3O. The molecule has 0 spiro atoms. The van der Waals surface area contributed by atoms with Gasteiger partial charge >= 0.3 is 0 Å². The lowest BCUT2D eigenvalue weighted by Gasteiger charge is -2.24. The van der Waals surface area contributed by atoms with Crippen LogP contribution in [0.5, 0.6) is 0 Å². The van der Waals surface area contributed by atoms with Crippen molar-refractivity contribution in [3.05, 3.63) is 35.9 Å². The van der Waals surface area contributed by atoms with E-state index in [0.29, 0.717) is 23.7 Å². The summed E-state index contributed by atoms with van der Waals surface area (Å²) in [7, 11) is 1.85. The highest BCUT2D eigenvalue weighted by molar-refractivity contribution is 5.80. The average Bonchev–Trinajstić information content (AvgIpc) is 3.07. The quantitative estimate of drug-likeness (QED) is 0.662. The van der Waals surface area contributed by atoms with Crippen LogP contribution in [-0.4, -0.2) is 37.8 Å². The summed E-state index contributed by atoms with van der Waals surface area (Å²) in [5.74, 6) is 0.920. The van der Waals surface area contributed by atoms with Gasteiger partial charge in [-0.3, -0.25) is 4.99 Å². The molecule has 1 aromatic carbocycles. The molecule has 4 rings (SSSR count). The summed E-state index contributed by atoms with van der Waals surface area (Å²) in [5.41, 5.74) is 1.76. The first kappa shape index (κ1) is 14.1. The minimum atomic E-state index is 0.310. The Bertz CT molecular complexity index is 553. The Balaban J connectivity index is 1.34. The van der Waals surface area contributed by atoms with E-state index in [1.54, 1.807) is 0 Å². The number of benzene rings is 1. The van der Waals surface area contributed by atoms with Crippen LogP contribution < -0.4 is 10.6 Å². The molecule has 0 aromatic heterocycles. The molecule has 118 valence electrons. The molecule has 0 radical (unpaired) electrons. The number of fused-ring (bicyclic) bond motifs is 2. The molecule has 2 aliphatic heterocycles. The molecule has 4 nitrogen and oxygen atoms in total. The summed E-state index contributed by atoms with van der Waals surface area (Å²) in [6, 6.07) is 11.3. The van der Waals surface area contributed by atoms with Gasteiger partial charge in [-0.2, -0.15) is 0 Å². The van der Waals surface area contributed by atoms with E-state index in [2.05, 4.69) is 46.0 Å². The second-order valence-corrected chi connectivity index (χ2v) is 6.93. The van der Waals surface area contributed by atoms with Crippen molar-refractivity contribution in [3.63, 3.8) is 0 Å². The Morgan fingerprint density at radius 1 is 1.27 bits per heavy atom. The molecule has 2 heterocycles. The van der Waals surface area contributed by atoms with E-state index in [1.165, 1.54) is 31.2 Å². The third kappa shape index (κ3) is 2.60. The van der Waals surface area contributed by atoms with E-state index in [9.17, 15) is 0 Å². The van der Waals surface area contributed by atoms with Gasteiger partial charge in [0.2, 0.25) is 0 Å². The molecule has 3 fully saturated rings. The number of aliphatic imine (C=N–C) groups is 1. The molecule has 3 unspecified atom stereocenters. The molecular weight excluding hydrogens is 274 g/mol. The maximum Gasteiger partial charge on any atom is 0.191 e. The van der Waals surface area contributed by atoms with Gasteiger partial charge in [0, 0.05) is 19.0 Å². The lowest BCUT2D eigenvalue weighted by molar-refractivity contribution is 0.0992. The molecule has 0 amide bonds. The Morgan fingerprint density at radius 3 is 2.68 bits per heavy atom. The zero-order valence-corrected chi connectivity index (χ0v) is 13.2. The van der Waals surface area contributed by atoms with Gasteiger partial charge in [-0.1, -0.05) is 30.3 Å². The normalized spacial score (nSPS) is 32.0. The van der Waals surface area contributed by atoms with Gasteiger partial charge in [-0.25, -0.2) is 0 Å². The van der Waals surface area contributed by atoms with Gasteiger partial charge in [0.05, 0.1) is 18.2 Å². The summed E-state index contributed by atoms with van der Waals surface area (Å²) in [6.45, 7) is 0.957. The Hall–Kier alpha value is -1.55. The minimum Gasteiger partial charge on any atom is -0.373 e. The van der Waals surface area contributed by atoms with Gasteiger partial charge in [0.25, 0.3) is 0 Å². The molecule has 1 saturated carbocycles. The summed E-state index contributed by atoms with van der Waals surface area (Å²) < 4.78 is 5.91. The van der Waals surface area contributed by atoms with Crippen molar-refractivity contribution in [2.75, 3.05) is 13.6 Å². The van der Waals surface area contributed by atoms with E-state index in [-0.39, 0.29) is 0 Å². The third-order valence-corrected chi connectivity index (χ3v) is 5.49. The Morgan fingerprint density at radius 2 is 2.09 bits per heavy atom. The minimum absolute atomic E-state index is 0.310. The molecule has 2 N–H and O–H groups in total. The number of guanidine groups is 1. The van der Waals surface area contributed by atoms with E-state index in [4.69, 9.17) is 4.74 Å². The highest BCUT2D eigenvalue weighted by Gasteiger charge is 2.44. The van der Waals surface area contributed by atoms with Crippen LogP contribution in [0.1, 0.15) is 37.7 Å². The molecule has 1 aromatic rings.